The van der Waals surface area contributed by atoms with Crippen molar-refractivity contribution in [2.75, 3.05) is 0 Å². The van der Waals surface area contributed by atoms with Crippen molar-refractivity contribution in [2.45, 2.75) is 9.10 Å². The molecule has 0 amide bonds. The molecule has 0 aliphatic carbocycles. The first kappa shape index (κ1) is 13.2. The van der Waals surface area contributed by atoms with Gasteiger partial charge in [-0.1, -0.05) is 76.1 Å². The van der Waals surface area contributed by atoms with Gasteiger partial charge in [0.05, 0.1) is 14.3 Å². The summed E-state index contributed by atoms with van der Waals surface area (Å²) >= 11 is 20.1. The van der Waals surface area contributed by atoms with Crippen molar-refractivity contribution in [1.29, 1.82) is 0 Å². The molecule has 1 nitrogen and oxygen atoms in total. The third-order valence-electron chi connectivity index (χ3n) is 1.88. The van der Waals surface area contributed by atoms with Crippen LogP contribution in [0.5, 0.6) is 0 Å². The summed E-state index contributed by atoms with van der Waals surface area (Å²) in [6, 6.07) is 9.61. The molecule has 0 aliphatic rings. The molecule has 1 heterocycles. The lowest BCUT2D eigenvalue weighted by molar-refractivity contribution is 1.45. The van der Waals surface area contributed by atoms with Crippen LogP contribution in [0.2, 0.25) is 15.1 Å². The number of hydrogen-bond donors (Lipinski definition) is 0. The van der Waals surface area contributed by atoms with Gasteiger partial charge in [0.25, 0.3) is 4.74 Å². The monoisotopic (exact) mass is 322 g/mol. The highest BCUT2D eigenvalue weighted by Gasteiger charge is 2.14. The second kappa shape index (κ2) is 5.63. The molecule has 1 aromatic heterocycles. The Morgan fingerprint density at radius 2 is 1.59 bits per heavy atom. The third-order valence-corrected chi connectivity index (χ3v) is 5.71. The zero-order chi connectivity index (χ0) is 12.4. The second-order valence-corrected chi connectivity index (χ2v) is 6.49. The molecule has 17 heavy (non-hydrogen) atoms. The van der Waals surface area contributed by atoms with Crippen molar-refractivity contribution in [3.8, 4) is 0 Å². The predicted molar refractivity (Wildman–Crippen MR) is 76.2 cm³/mol. The molecule has 1 aromatic carbocycles. The van der Waals surface area contributed by atoms with Gasteiger partial charge < -0.3 is 0 Å². The van der Waals surface area contributed by atoms with Crippen LogP contribution in [0.15, 0.2) is 44.2 Å². The van der Waals surface area contributed by atoms with Crippen molar-refractivity contribution < 1.29 is 0 Å². The third kappa shape index (κ3) is 2.98. The smallest absolute Gasteiger partial charge is 0.253 e. The maximum absolute atomic E-state index is 11.5. The van der Waals surface area contributed by atoms with E-state index >= 15 is 0 Å². The molecule has 0 bridgehead atoms. The lowest BCUT2D eigenvalue weighted by Crippen LogP contribution is -1.96. The fraction of sp³-hybridized carbons (Fsp3) is 0. The zero-order valence-corrected chi connectivity index (χ0v) is 12.1. The fourth-order valence-electron chi connectivity index (χ4n) is 1.11. The Balaban J connectivity index is 2.44. The van der Waals surface area contributed by atoms with E-state index in [-0.39, 0.29) is 14.8 Å². The quantitative estimate of drug-likeness (QED) is 0.753. The van der Waals surface area contributed by atoms with Crippen molar-refractivity contribution in [3.05, 3.63) is 54.9 Å². The van der Waals surface area contributed by atoms with Crippen LogP contribution >= 0.6 is 57.9 Å². The molecule has 2 aromatic rings. The van der Waals surface area contributed by atoms with Gasteiger partial charge in [0.1, 0.15) is 5.02 Å². The SMILES string of the molecule is O=c1sc(Sc2ccccc2)c(Cl)c(Cl)c1Cl. The minimum atomic E-state index is -0.278. The van der Waals surface area contributed by atoms with Gasteiger partial charge in [0.15, 0.2) is 0 Å². The molecule has 0 unspecified atom stereocenters. The van der Waals surface area contributed by atoms with Gasteiger partial charge in [-0.05, 0) is 12.1 Å². The van der Waals surface area contributed by atoms with Crippen LogP contribution in [-0.2, 0) is 0 Å². The van der Waals surface area contributed by atoms with Crippen molar-refractivity contribution in [2.24, 2.45) is 0 Å². The van der Waals surface area contributed by atoms with Gasteiger partial charge in [-0.15, -0.1) is 0 Å². The van der Waals surface area contributed by atoms with E-state index in [1.165, 1.54) is 11.8 Å². The summed E-state index contributed by atoms with van der Waals surface area (Å²) in [4.78, 5) is 12.5. The van der Waals surface area contributed by atoms with E-state index in [0.29, 0.717) is 9.23 Å². The minimum Gasteiger partial charge on any atom is -0.276 e. The molecule has 2 rings (SSSR count). The first-order valence-corrected chi connectivity index (χ1v) is 7.27. The minimum absolute atomic E-state index is 0.0147. The summed E-state index contributed by atoms with van der Waals surface area (Å²) in [6.07, 6.45) is 0. The van der Waals surface area contributed by atoms with E-state index in [2.05, 4.69) is 0 Å². The van der Waals surface area contributed by atoms with Crippen LogP contribution in [-0.4, -0.2) is 0 Å². The van der Waals surface area contributed by atoms with Gasteiger partial charge >= 0.3 is 0 Å². The van der Waals surface area contributed by atoms with E-state index in [0.717, 1.165) is 16.2 Å². The topological polar surface area (TPSA) is 17.1 Å². The van der Waals surface area contributed by atoms with Gasteiger partial charge in [-0.2, -0.15) is 0 Å². The lowest BCUT2D eigenvalue weighted by Gasteiger charge is -2.04. The predicted octanol–water partition coefficient (Wildman–Crippen LogP) is 5.22. The van der Waals surface area contributed by atoms with Gasteiger partial charge in [-0.25, -0.2) is 0 Å². The molecule has 0 radical (unpaired) electrons. The molecule has 0 atom stereocenters. The first-order chi connectivity index (χ1) is 8.09. The van der Waals surface area contributed by atoms with E-state index < -0.39 is 0 Å². The molecule has 88 valence electrons. The number of rotatable bonds is 2. The van der Waals surface area contributed by atoms with Crippen molar-refractivity contribution >= 4 is 57.9 Å². The van der Waals surface area contributed by atoms with Crippen LogP contribution in [0.3, 0.4) is 0 Å². The molecule has 0 N–H and O–H groups in total. The number of hydrogen-bond acceptors (Lipinski definition) is 3. The van der Waals surface area contributed by atoms with Gasteiger partial charge in [0.2, 0.25) is 0 Å². The molecular formula is C11H5Cl3OS2. The molecule has 0 aliphatic heterocycles. The summed E-state index contributed by atoms with van der Waals surface area (Å²) < 4.78 is 0.372. The standard InChI is InChI=1S/C11H5Cl3OS2/c12-7-8(13)10(15)17-11(9(7)14)16-6-4-2-1-3-5-6/h1-5H. The van der Waals surface area contributed by atoms with Crippen LogP contribution in [0.4, 0.5) is 0 Å². The Labute approximate surface area is 121 Å². The number of benzene rings is 1. The summed E-state index contributed by atoms with van der Waals surface area (Å²) in [5.74, 6) is 0. The van der Waals surface area contributed by atoms with E-state index in [1.807, 2.05) is 30.3 Å². The van der Waals surface area contributed by atoms with Crippen molar-refractivity contribution in [1.82, 2.24) is 0 Å². The highest BCUT2D eigenvalue weighted by Crippen LogP contribution is 2.40. The maximum atomic E-state index is 11.5. The molecular weight excluding hydrogens is 319 g/mol. The van der Waals surface area contributed by atoms with E-state index in [9.17, 15) is 4.79 Å². The van der Waals surface area contributed by atoms with Crippen molar-refractivity contribution in [3.63, 3.8) is 0 Å². The van der Waals surface area contributed by atoms with Crippen LogP contribution in [0.1, 0.15) is 0 Å². The number of halogens is 3. The van der Waals surface area contributed by atoms with Crippen LogP contribution in [0.25, 0.3) is 0 Å². The Bertz CT molecular complexity index is 596. The van der Waals surface area contributed by atoms with Gasteiger partial charge in [-0.3, -0.25) is 4.79 Å². The summed E-state index contributed by atoms with van der Waals surface area (Å²) in [5.41, 5.74) is 0. The molecule has 0 saturated carbocycles. The summed E-state index contributed by atoms with van der Waals surface area (Å²) in [7, 11) is 0. The average Bonchev–Trinajstić information content (AvgIpc) is 2.35. The summed E-state index contributed by atoms with van der Waals surface area (Å²) in [6.45, 7) is 0. The Hall–Kier alpha value is -0.190. The summed E-state index contributed by atoms with van der Waals surface area (Å²) in [5, 5.41) is 0.435. The van der Waals surface area contributed by atoms with Gasteiger partial charge in [0, 0.05) is 4.90 Å². The largest absolute Gasteiger partial charge is 0.276 e. The first-order valence-electron chi connectivity index (χ1n) is 4.50. The Morgan fingerprint density at radius 3 is 2.24 bits per heavy atom. The van der Waals surface area contributed by atoms with Crippen LogP contribution in [0, 0.1) is 0 Å². The molecule has 0 fully saturated rings. The molecule has 0 spiro atoms. The van der Waals surface area contributed by atoms with Crippen LogP contribution < -0.4 is 4.74 Å². The van der Waals surface area contributed by atoms with E-state index in [1.54, 1.807) is 0 Å². The fourth-order valence-corrected chi connectivity index (χ4v) is 3.98. The highest BCUT2D eigenvalue weighted by molar-refractivity contribution is 8.01. The zero-order valence-electron chi connectivity index (χ0n) is 8.25. The Morgan fingerprint density at radius 1 is 0.941 bits per heavy atom. The maximum Gasteiger partial charge on any atom is 0.253 e. The highest BCUT2D eigenvalue weighted by atomic mass is 35.5. The second-order valence-electron chi connectivity index (χ2n) is 3.03. The Kier molecular flexibility index (Phi) is 4.39. The molecule has 6 heteroatoms. The molecule has 0 saturated heterocycles. The van der Waals surface area contributed by atoms with E-state index in [4.69, 9.17) is 34.8 Å². The lowest BCUT2D eigenvalue weighted by atomic mass is 10.4. The normalized spacial score (nSPS) is 10.5. The average molecular weight is 324 g/mol.